The second-order valence-corrected chi connectivity index (χ2v) is 4.05. The van der Waals surface area contributed by atoms with E-state index in [0.29, 0.717) is 0 Å². The molecular weight excluding hydrogens is 168 g/mol. The molecule has 0 fully saturated rings. The zero-order valence-electron chi connectivity index (χ0n) is 8.46. The Morgan fingerprint density at radius 2 is 1.64 bits per heavy atom. The van der Waals surface area contributed by atoms with Gasteiger partial charge < -0.3 is 0 Å². The molecule has 0 unspecified atom stereocenters. The van der Waals surface area contributed by atoms with Crippen LogP contribution in [0.1, 0.15) is 11.1 Å². The second-order valence-electron chi connectivity index (χ2n) is 4.05. The minimum atomic E-state index is 1.34. The van der Waals surface area contributed by atoms with Crippen molar-refractivity contribution in [3.05, 3.63) is 47.5 Å². The van der Waals surface area contributed by atoms with Gasteiger partial charge in [-0.25, -0.2) is 0 Å². The van der Waals surface area contributed by atoms with E-state index in [1.54, 1.807) is 0 Å². The Bertz CT molecular complexity index is 522. The molecule has 14 heavy (non-hydrogen) atoms. The first-order valence-electron chi connectivity index (χ1n) is 4.98. The molecule has 1 aliphatic rings. The molecule has 0 aliphatic heterocycles. The van der Waals surface area contributed by atoms with Gasteiger partial charge in [-0.05, 0) is 41.7 Å². The molecule has 0 amide bonds. The molecule has 1 aliphatic carbocycles. The Labute approximate surface area is 84.2 Å². The molecule has 0 nitrogen and oxygen atoms in total. The van der Waals surface area contributed by atoms with Crippen LogP contribution in [0.2, 0.25) is 0 Å². The highest BCUT2D eigenvalue weighted by Gasteiger charge is 2.22. The topological polar surface area (TPSA) is 0 Å². The van der Waals surface area contributed by atoms with E-state index < -0.39 is 0 Å². The van der Waals surface area contributed by atoms with E-state index in [4.69, 9.17) is 0 Å². The number of aryl methyl sites for hydroxylation is 2. The number of hydrogen-bond acceptors (Lipinski definition) is 0. The van der Waals surface area contributed by atoms with Crippen molar-refractivity contribution in [1.82, 2.24) is 0 Å². The van der Waals surface area contributed by atoms with Gasteiger partial charge in [0.15, 0.2) is 0 Å². The fourth-order valence-electron chi connectivity index (χ4n) is 2.29. The number of fused-ring (bicyclic) bond motifs is 4. The maximum Gasteiger partial charge on any atom is -0.00697 e. The Balaban J connectivity index is 2.31. The van der Waals surface area contributed by atoms with Crippen molar-refractivity contribution in [3.63, 3.8) is 0 Å². The van der Waals surface area contributed by atoms with Crippen molar-refractivity contribution < 1.29 is 0 Å². The maximum absolute atomic E-state index is 2.27. The van der Waals surface area contributed by atoms with Crippen molar-refractivity contribution in [2.75, 3.05) is 0 Å². The fourth-order valence-corrected chi connectivity index (χ4v) is 2.29. The summed E-state index contributed by atoms with van der Waals surface area (Å²) in [7, 11) is 0. The van der Waals surface area contributed by atoms with Gasteiger partial charge in [0, 0.05) is 0 Å². The lowest BCUT2D eigenvalue weighted by Gasteiger charge is -2.26. The zero-order valence-corrected chi connectivity index (χ0v) is 8.46. The molecule has 0 heteroatoms. The van der Waals surface area contributed by atoms with Crippen LogP contribution in [0.5, 0.6) is 0 Å². The summed E-state index contributed by atoms with van der Waals surface area (Å²) in [6.45, 7) is 4.33. The Hall–Kier alpha value is -1.56. The highest BCUT2D eigenvalue weighted by molar-refractivity contribution is 6.03. The van der Waals surface area contributed by atoms with E-state index in [0.717, 1.165) is 0 Å². The molecule has 0 spiro atoms. The van der Waals surface area contributed by atoms with E-state index in [1.807, 2.05) is 0 Å². The first-order chi connectivity index (χ1) is 6.77. The van der Waals surface area contributed by atoms with Gasteiger partial charge in [0.1, 0.15) is 0 Å². The van der Waals surface area contributed by atoms with Crippen LogP contribution in [0.4, 0.5) is 0 Å². The van der Waals surface area contributed by atoms with Gasteiger partial charge in [0.05, 0.1) is 0 Å². The van der Waals surface area contributed by atoms with Gasteiger partial charge in [0.2, 0.25) is 0 Å². The van der Waals surface area contributed by atoms with Crippen LogP contribution in [0.15, 0.2) is 36.4 Å². The summed E-state index contributed by atoms with van der Waals surface area (Å²) in [4.78, 5) is 0. The lowest BCUT2D eigenvalue weighted by molar-refractivity contribution is 1.38. The minimum absolute atomic E-state index is 1.34. The van der Waals surface area contributed by atoms with Crippen molar-refractivity contribution in [2.45, 2.75) is 13.8 Å². The zero-order chi connectivity index (χ0) is 9.71. The van der Waals surface area contributed by atoms with Crippen LogP contribution in [0, 0.1) is 13.8 Å². The molecule has 0 atom stereocenters. The molecule has 0 saturated carbocycles. The minimum Gasteiger partial charge on any atom is -0.0613 e. The van der Waals surface area contributed by atoms with Crippen molar-refractivity contribution >= 4 is 0 Å². The van der Waals surface area contributed by atoms with Gasteiger partial charge in [-0.15, -0.1) is 0 Å². The van der Waals surface area contributed by atoms with Crippen LogP contribution >= 0.6 is 0 Å². The largest absolute Gasteiger partial charge is 0.0613 e. The molecule has 0 bridgehead atoms. The molecule has 0 aromatic heterocycles. The van der Waals surface area contributed by atoms with Crippen LogP contribution in [0.25, 0.3) is 22.3 Å². The molecule has 0 N–H and O–H groups in total. The predicted octanol–water partition coefficient (Wildman–Crippen LogP) is 3.95. The Morgan fingerprint density at radius 3 is 2.50 bits per heavy atom. The van der Waals surface area contributed by atoms with E-state index in [9.17, 15) is 0 Å². The molecule has 2 aromatic rings. The molecule has 3 rings (SSSR count). The van der Waals surface area contributed by atoms with Crippen LogP contribution in [0.3, 0.4) is 0 Å². The average Bonchev–Trinajstić information content (AvgIpc) is 2.16. The standard InChI is InChI=1S/C14H12/c1-9-6-7-12-13(8-9)11-5-3-4-10(2)14(11)12/h3-8H,1-2H3. The summed E-state index contributed by atoms with van der Waals surface area (Å²) in [5, 5.41) is 0. The molecule has 0 heterocycles. The molecule has 2 aromatic carbocycles. The van der Waals surface area contributed by atoms with E-state index in [1.165, 1.54) is 33.4 Å². The normalized spacial score (nSPS) is 11.6. The fraction of sp³-hybridized carbons (Fsp3) is 0.143. The highest BCUT2D eigenvalue weighted by Crippen LogP contribution is 2.48. The van der Waals surface area contributed by atoms with E-state index in [2.05, 4.69) is 50.2 Å². The van der Waals surface area contributed by atoms with Gasteiger partial charge in [-0.3, -0.25) is 0 Å². The van der Waals surface area contributed by atoms with Gasteiger partial charge in [-0.2, -0.15) is 0 Å². The lowest BCUT2D eigenvalue weighted by Crippen LogP contribution is -2.00. The number of hydrogen-bond donors (Lipinski definition) is 0. The quantitative estimate of drug-likeness (QED) is 0.491. The van der Waals surface area contributed by atoms with Crippen molar-refractivity contribution in [1.29, 1.82) is 0 Å². The summed E-state index contributed by atoms with van der Waals surface area (Å²) in [6, 6.07) is 13.2. The molecule has 0 saturated heterocycles. The first kappa shape index (κ1) is 7.81. The predicted molar refractivity (Wildman–Crippen MR) is 60.3 cm³/mol. The summed E-state index contributed by atoms with van der Waals surface area (Å²) < 4.78 is 0. The third-order valence-corrected chi connectivity index (χ3v) is 3.01. The van der Waals surface area contributed by atoms with Crippen LogP contribution in [-0.4, -0.2) is 0 Å². The van der Waals surface area contributed by atoms with E-state index >= 15 is 0 Å². The summed E-state index contributed by atoms with van der Waals surface area (Å²) >= 11 is 0. The average molecular weight is 180 g/mol. The third kappa shape index (κ3) is 0.832. The van der Waals surface area contributed by atoms with Crippen LogP contribution in [-0.2, 0) is 0 Å². The summed E-state index contributed by atoms with van der Waals surface area (Å²) in [6.07, 6.45) is 0. The SMILES string of the molecule is Cc1ccc2c(c1)-c1cccc(C)c1-2. The molecule has 0 radical (unpaired) electrons. The second kappa shape index (κ2) is 2.48. The summed E-state index contributed by atoms with van der Waals surface area (Å²) in [5.41, 5.74) is 8.44. The Morgan fingerprint density at radius 1 is 0.786 bits per heavy atom. The van der Waals surface area contributed by atoms with Gasteiger partial charge in [-0.1, -0.05) is 42.0 Å². The third-order valence-electron chi connectivity index (χ3n) is 3.01. The molecule has 68 valence electrons. The number of benzene rings is 2. The first-order valence-corrected chi connectivity index (χ1v) is 4.98. The lowest BCUT2D eigenvalue weighted by atomic mass is 9.78. The van der Waals surface area contributed by atoms with Crippen LogP contribution < -0.4 is 0 Å². The highest BCUT2D eigenvalue weighted by atomic mass is 14.3. The summed E-state index contributed by atoms with van der Waals surface area (Å²) in [5.74, 6) is 0. The number of rotatable bonds is 0. The van der Waals surface area contributed by atoms with Gasteiger partial charge in [0.25, 0.3) is 0 Å². The monoisotopic (exact) mass is 180 g/mol. The smallest absolute Gasteiger partial charge is 0.00697 e. The van der Waals surface area contributed by atoms with Crippen molar-refractivity contribution in [2.24, 2.45) is 0 Å². The van der Waals surface area contributed by atoms with E-state index in [-0.39, 0.29) is 0 Å². The molecular formula is C14H12. The maximum atomic E-state index is 2.27. The van der Waals surface area contributed by atoms with Gasteiger partial charge >= 0.3 is 0 Å². The Kier molecular flexibility index (Phi) is 1.38. The van der Waals surface area contributed by atoms with Crippen molar-refractivity contribution in [3.8, 4) is 22.3 Å².